The van der Waals surface area contributed by atoms with Gasteiger partial charge in [-0.2, -0.15) is 0 Å². The molecule has 0 radical (unpaired) electrons. The number of ether oxygens (including phenoxy) is 1. The van der Waals surface area contributed by atoms with Crippen molar-refractivity contribution in [1.82, 2.24) is 15.2 Å². The van der Waals surface area contributed by atoms with E-state index in [0.29, 0.717) is 18.7 Å². The average Bonchev–Trinajstić information content (AvgIpc) is 3.16. The minimum Gasteiger partial charge on any atom is -0.469 e. The first-order chi connectivity index (χ1) is 14.6. The van der Waals surface area contributed by atoms with Gasteiger partial charge in [-0.1, -0.05) is 48.5 Å². The molecule has 0 spiro atoms. The Kier molecular flexibility index (Phi) is 5.63. The van der Waals surface area contributed by atoms with Crippen molar-refractivity contribution >= 4 is 28.6 Å². The minimum absolute atomic E-state index is 0.0385. The predicted molar refractivity (Wildman–Crippen MR) is 113 cm³/mol. The Hall–Kier alpha value is -3.45. The van der Waals surface area contributed by atoms with E-state index in [1.165, 1.54) is 7.11 Å². The van der Waals surface area contributed by atoms with Gasteiger partial charge in [0.05, 0.1) is 31.3 Å². The molecule has 2 N–H and O–H groups in total. The summed E-state index contributed by atoms with van der Waals surface area (Å²) in [7, 11) is 1.29. The SMILES string of the molecule is COC(=O)C[C@H]1C(=O)NCCN1CC(=O)c1c(-c2ccccc2)[nH]c2ccccc12. The minimum atomic E-state index is -0.722. The van der Waals surface area contributed by atoms with Gasteiger partial charge in [0.25, 0.3) is 0 Å². The molecule has 1 fully saturated rings. The quantitative estimate of drug-likeness (QED) is 0.485. The molecule has 0 bridgehead atoms. The van der Waals surface area contributed by atoms with E-state index in [1.807, 2.05) is 54.6 Å². The van der Waals surface area contributed by atoms with E-state index in [-0.39, 0.29) is 24.7 Å². The number of aromatic nitrogens is 1. The van der Waals surface area contributed by atoms with Gasteiger partial charge in [0.15, 0.2) is 5.78 Å². The molecule has 1 saturated heterocycles. The fraction of sp³-hybridized carbons (Fsp3) is 0.261. The first-order valence-corrected chi connectivity index (χ1v) is 9.86. The van der Waals surface area contributed by atoms with E-state index in [9.17, 15) is 14.4 Å². The van der Waals surface area contributed by atoms with Crippen LogP contribution in [0, 0.1) is 0 Å². The Labute approximate surface area is 174 Å². The van der Waals surface area contributed by atoms with E-state index >= 15 is 0 Å². The summed E-state index contributed by atoms with van der Waals surface area (Å²) < 4.78 is 4.73. The second-order valence-corrected chi connectivity index (χ2v) is 7.27. The monoisotopic (exact) mass is 405 g/mol. The van der Waals surface area contributed by atoms with Crippen LogP contribution in [0.3, 0.4) is 0 Å². The molecule has 7 nitrogen and oxygen atoms in total. The van der Waals surface area contributed by atoms with Gasteiger partial charge in [0.1, 0.15) is 6.04 Å². The predicted octanol–water partition coefficient (Wildman–Crippen LogP) is 2.38. The lowest BCUT2D eigenvalue weighted by Gasteiger charge is -2.33. The molecule has 30 heavy (non-hydrogen) atoms. The number of H-pyrrole nitrogens is 1. The number of benzene rings is 2. The van der Waals surface area contributed by atoms with Crippen molar-refractivity contribution in [2.45, 2.75) is 12.5 Å². The number of carbonyl (C=O) groups is 3. The van der Waals surface area contributed by atoms with Gasteiger partial charge in [-0.05, 0) is 11.6 Å². The number of methoxy groups -OCH3 is 1. The van der Waals surface area contributed by atoms with Gasteiger partial charge in [0, 0.05) is 24.0 Å². The maximum atomic E-state index is 13.5. The number of carbonyl (C=O) groups excluding carboxylic acids is 3. The third kappa shape index (κ3) is 3.84. The molecule has 1 aromatic heterocycles. The van der Waals surface area contributed by atoms with Crippen molar-refractivity contribution in [3.05, 3.63) is 60.2 Å². The first kappa shape index (κ1) is 19.8. The summed E-state index contributed by atoms with van der Waals surface area (Å²) >= 11 is 0. The molecule has 154 valence electrons. The van der Waals surface area contributed by atoms with Gasteiger partial charge in [-0.15, -0.1) is 0 Å². The Morgan fingerprint density at radius 1 is 1.10 bits per heavy atom. The van der Waals surface area contributed by atoms with Crippen molar-refractivity contribution in [1.29, 1.82) is 0 Å². The van der Waals surface area contributed by atoms with Gasteiger partial charge in [-0.3, -0.25) is 19.3 Å². The molecule has 7 heteroatoms. The third-order valence-corrected chi connectivity index (χ3v) is 5.42. The normalized spacial score (nSPS) is 17.0. The lowest BCUT2D eigenvalue weighted by Crippen LogP contribution is -2.57. The van der Waals surface area contributed by atoms with E-state index in [2.05, 4.69) is 10.3 Å². The number of piperazine rings is 1. The van der Waals surface area contributed by atoms with Crippen molar-refractivity contribution in [3.63, 3.8) is 0 Å². The van der Waals surface area contributed by atoms with Gasteiger partial charge < -0.3 is 15.0 Å². The van der Waals surface area contributed by atoms with Crippen molar-refractivity contribution < 1.29 is 19.1 Å². The van der Waals surface area contributed by atoms with Crippen molar-refractivity contribution in [3.8, 4) is 11.3 Å². The number of ketones is 1. The Bertz CT molecular complexity index is 1090. The van der Waals surface area contributed by atoms with Crippen LogP contribution in [0.15, 0.2) is 54.6 Å². The Morgan fingerprint density at radius 2 is 1.83 bits per heavy atom. The van der Waals surface area contributed by atoms with Crippen molar-refractivity contribution in [2.75, 3.05) is 26.7 Å². The van der Waals surface area contributed by atoms with Crippen LogP contribution in [0.2, 0.25) is 0 Å². The Morgan fingerprint density at radius 3 is 2.60 bits per heavy atom. The van der Waals surface area contributed by atoms with Crippen LogP contribution in [-0.4, -0.2) is 60.3 Å². The highest BCUT2D eigenvalue weighted by Crippen LogP contribution is 2.31. The molecule has 1 atom stereocenters. The fourth-order valence-corrected chi connectivity index (χ4v) is 3.93. The maximum Gasteiger partial charge on any atom is 0.307 e. The third-order valence-electron chi connectivity index (χ3n) is 5.42. The molecule has 0 saturated carbocycles. The summed E-state index contributed by atoms with van der Waals surface area (Å²) in [5.41, 5.74) is 3.15. The summed E-state index contributed by atoms with van der Waals surface area (Å²) in [6.07, 6.45) is -0.0883. The summed E-state index contributed by atoms with van der Waals surface area (Å²) in [6, 6.07) is 16.6. The van der Waals surface area contributed by atoms with Gasteiger partial charge in [-0.25, -0.2) is 0 Å². The number of hydrogen-bond donors (Lipinski definition) is 2. The molecular formula is C23H23N3O4. The van der Waals surface area contributed by atoms with Crippen LogP contribution in [0.5, 0.6) is 0 Å². The molecule has 2 heterocycles. The van der Waals surface area contributed by atoms with Crippen LogP contribution >= 0.6 is 0 Å². The van der Waals surface area contributed by atoms with Crippen molar-refractivity contribution in [2.24, 2.45) is 0 Å². The lowest BCUT2D eigenvalue weighted by molar-refractivity contribution is -0.145. The number of hydrogen-bond acceptors (Lipinski definition) is 5. The largest absolute Gasteiger partial charge is 0.469 e. The number of amides is 1. The molecule has 1 amide bonds. The molecule has 0 unspecified atom stereocenters. The highest BCUT2D eigenvalue weighted by Gasteiger charge is 2.34. The zero-order chi connectivity index (χ0) is 21.1. The zero-order valence-corrected chi connectivity index (χ0v) is 16.7. The van der Waals surface area contributed by atoms with E-state index < -0.39 is 12.0 Å². The smallest absolute Gasteiger partial charge is 0.307 e. The van der Waals surface area contributed by atoms with Crippen LogP contribution in [0.1, 0.15) is 16.8 Å². The van der Waals surface area contributed by atoms with Gasteiger partial charge >= 0.3 is 5.97 Å². The second-order valence-electron chi connectivity index (χ2n) is 7.27. The van der Waals surface area contributed by atoms with E-state index in [0.717, 1.165) is 22.2 Å². The fourth-order valence-electron chi connectivity index (χ4n) is 3.93. The van der Waals surface area contributed by atoms with E-state index in [1.54, 1.807) is 4.90 Å². The number of para-hydroxylation sites is 1. The number of aromatic amines is 1. The summed E-state index contributed by atoms with van der Waals surface area (Å²) in [5.74, 6) is -0.843. The van der Waals surface area contributed by atoms with Crippen LogP contribution in [-0.2, 0) is 14.3 Å². The molecular weight excluding hydrogens is 382 g/mol. The van der Waals surface area contributed by atoms with Crippen LogP contribution < -0.4 is 5.32 Å². The summed E-state index contributed by atoms with van der Waals surface area (Å²) in [6.45, 7) is 0.960. The molecule has 4 rings (SSSR count). The van der Waals surface area contributed by atoms with Crippen LogP contribution in [0.25, 0.3) is 22.2 Å². The topological polar surface area (TPSA) is 91.5 Å². The van der Waals surface area contributed by atoms with Gasteiger partial charge in [0.2, 0.25) is 5.91 Å². The lowest BCUT2D eigenvalue weighted by atomic mass is 10.00. The molecule has 3 aromatic rings. The number of rotatable bonds is 6. The summed E-state index contributed by atoms with van der Waals surface area (Å²) in [4.78, 5) is 42.7. The van der Waals surface area contributed by atoms with Crippen LogP contribution in [0.4, 0.5) is 0 Å². The molecule has 1 aliphatic heterocycles. The molecule has 2 aromatic carbocycles. The molecule has 1 aliphatic rings. The maximum absolute atomic E-state index is 13.5. The number of fused-ring (bicyclic) bond motifs is 1. The highest BCUT2D eigenvalue weighted by atomic mass is 16.5. The number of nitrogens with one attached hydrogen (secondary N) is 2. The number of esters is 1. The summed E-state index contributed by atoms with van der Waals surface area (Å²) in [5, 5.41) is 3.60. The van der Waals surface area contributed by atoms with E-state index in [4.69, 9.17) is 4.74 Å². The molecule has 0 aliphatic carbocycles. The average molecular weight is 405 g/mol. The second kappa shape index (κ2) is 8.51. The number of nitrogens with zero attached hydrogens (tertiary/aromatic N) is 1. The standard InChI is InChI=1S/C23H23N3O4/c1-30-20(28)13-18-23(29)24-11-12-26(18)14-19(27)21-16-9-5-6-10-17(16)25-22(21)15-7-3-2-4-8-15/h2-10,18,25H,11-14H2,1H3,(H,24,29)/t18-/m0/s1. The first-order valence-electron chi connectivity index (χ1n) is 9.86. The highest BCUT2D eigenvalue weighted by molar-refractivity contribution is 6.14. The number of Topliss-reactive ketones (excluding diaryl/α,β-unsaturated/α-hetero) is 1. The Balaban J connectivity index is 1.69. The zero-order valence-electron chi connectivity index (χ0n) is 16.7.